The fraction of sp³-hybridized carbons (Fsp3) is 0.143. The van der Waals surface area contributed by atoms with Crippen LogP contribution in [0.25, 0.3) is 6.20 Å². The summed E-state index contributed by atoms with van der Waals surface area (Å²) in [5.74, 6) is -1.13. The van der Waals surface area contributed by atoms with Gasteiger partial charge in [0.15, 0.2) is 5.97 Å². The molecule has 0 aliphatic carbocycles. The molecule has 0 saturated carbocycles. The van der Waals surface area contributed by atoms with Crippen LogP contribution >= 0.6 is 0 Å². The van der Waals surface area contributed by atoms with Crippen molar-refractivity contribution in [1.29, 1.82) is 0 Å². The summed E-state index contributed by atoms with van der Waals surface area (Å²) in [5.41, 5.74) is 0. The minimum atomic E-state index is -1.21. The van der Waals surface area contributed by atoms with Crippen LogP contribution in [0.15, 0.2) is 19.0 Å². The second-order valence-electron chi connectivity index (χ2n) is 2.11. The summed E-state index contributed by atoms with van der Waals surface area (Å²) in [6.45, 7) is 3.45. The predicted molar refractivity (Wildman–Crippen MR) is 36.3 cm³/mol. The lowest BCUT2D eigenvalue weighted by atomic mass is 10.6. The van der Waals surface area contributed by atoms with Gasteiger partial charge in [0.2, 0.25) is 0 Å². The Morgan fingerprint density at radius 2 is 2.55 bits per heavy atom. The van der Waals surface area contributed by atoms with Gasteiger partial charge in [0.25, 0.3) is 0 Å². The van der Waals surface area contributed by atoms with E-state index in [0.717, 1.165) is 0 Å². The molecule has 58 valence electrons. The highest BCUT2D eigenvalue weighted by Crippen LogP contribution is 1.89. The van der Waals surface area contributed by atoms with Crippen LogP contribution < -0.4 is 9.67 Å². The van der Waals surface area contributed by atoms with E-state index in [-0.39, 0.29) is 5.82 Å². The van der Waals surface area contributed by atoms with Crippen molar-refractivity contribution >= 4 is 12.2 Å². The lowest BCUT2D eigenvalue weighted by Gasteiger charge is -1.96. The van der Waals surface area contributed by atoms with Crippen molar-refractivity contribution in [3.05, 3.63) is 24.8 Å². The third-order valence-electron chi connectivity index (χ3n) is 1.41. The van der Waals surface area contributed by atoms with E-state index >= 15 is 0 Å². The first kappa shape index (κ1) is 7.53. The number of carbonyl (C=O) groups is 1. The largest absolute Gasteiger partial charge is 0.538 e. The third kappa shape index (κ3) is 1.14. The summed E-state index contributed by atoms with van der Waals surface area (Å²) in [7, 11) is 1.63. The van der Waals surface area contributed by atoms with Gasteiger partial charge >= 0.3 is 5.82 Å². The van der Waals surface area contributed by atoms with Crippen molar-refractivity contribution in [1.82, 2.24) is 4.57 Å². The fourth-order valence-corrected chi connectivity index (χ4v) is 0.892. The molecule has 0 bridgehead atoms. The quantitative estimate of drug-likeness (QED) is 0.498. The van der Waals surface area contributed by atoms with E-state index in [2.05, 4.69) is 6.58 Å². The molecule has 0 N–H and O–H groups in total. The SMILES string of the molecule is C=C[n+]1ccn(C)c1C(=O)[O-]. The monoisotopic (exact) mass is 152 g/mol. The van der Waals surface area contributed by atoms with Crippen molar-refractivity contribution < 1.29 is 14.5 Å². The van der Waals surface area contributed by atoms with Gasteiger partial charge < -0.3 is 9.90 Å². The topological polar surface area (TPSA) is 48.9 Å². The van der Waals surface area contributed by atoms with E-state index in [4.69, 9.17) is 0 Å². The van der Waals surface area contributed by atoms with Crippen LogP contribution in [0.3, 0.4) is 0 Å². The molecule has 1 aromatic rings. The Hall–Kier alpha value is -1.58. The normalized spacial score (nSPS) is 9.55. The number of hydrogen-bond acceptors (Lipinski definition) is 2. The number of carboxylic acid groups (broad SMARTS) is 1. The maximum Gasteiger partial charge on any atom is 0.309 e. The van der Waals surface area contributed by atoms with Gasteiger partial charge in [-0.1, -0.05) is 6.58 Å². The van der Waals surface area contributed by atoms with Crippen molar-refractivity contribution in [2.45, 2.75) is 0 Å². The molecular formula is C7H8N2O2. The highest BCUT2D eigenvalue weighted by molar-refractivity contribution is 5.79. The molecule has 1 heterocycles. The van der Waals surface area contributed by atoms with Crippen LogP contribution in [0, 0.1) is 0 Å². The van der Waals surface area contributed by atoms with E-state index in [1.807, 2.05) is 0 Å². The zero-order valence-electron chi connectivity index (χ0n) is 6.15. The van der Waals surface area contributed by atoms with Gasteiger partial charge in [0.05, 0.1) is 13.2 Å². The van der Waals surface area contributed by atoms with Crippen LogP contribution in [0.5, 0.6) is 0 Å². The molecule has 1 aromatic heterocycles. The highest BCUT2D eigenvalue weighted by Gasteiger charge is 2.12. The van der Waals surface area contributed by atoms with Crippen LogP contribution in [0.2, 0.25) is 0 Å². The van der Waals surface area contributed by atoms with E-state index in [1.54, 1.807) is 19.4 Å². The number of carbonyl (C=O) groups excluding carboxylic acids is 1. The van der Waals surface area contributed by atoms with Gasteiger partial charge in [-0.3, -0.25) is 0 Å². The Morgan fingerprint density at radius 1 is 1.91 bits per heavy atom. The average molecular weight is 152 g/mol. The van der Waals surface area contributed by atoms with E-state index in [0.29, 0.717) is 0 Å². The molecule has 4 nitrogen and oxygen atoms in total. The van der Waals surface area contributed by atoms with Gasteiger partial charge in [-0.05, 0) is 0 Å². The molecule has 0 fully saturated rings. The van der Waals surface area contributed by atoms with Crippen LogP contribution in [0.1, 0.15) is 10.6 Å². The number of imidazole rings is 1. The zero-order chi connectivity index (χ0) is 8.43. The highest BCUT2D eigenvalue weighted by atomic mass is 16.4. The first-order valence-electron chi connectivity index (χ1n) is 3.07. The minimum Gasteiger partial charge on any atom is -0.538 e. The predicted octanol–water partition coefficient (Wildman–Crippen LogP) is -1.22. The standard InChI is InChI=1S/C7H8N2O2/c1-3-9-5-4-8(2)6(9)7(10)11/h3-5H,1H2,2H3. The number of aromatic carboxylic acids is 1. The minimum absolute atomic E-state index is 0.0833. The van der Waals surface area contributed by atoms with E-state index < -0.39 is 5.97 Å². The molecule has 0 unspecified atom stereocenters. The molecule has 0 radical (unpaired) electrons. The molecule has 11 heavy (non-hydrogen) atoms. The molecule has 1 rings (SSSR count). The number of nitrogens with zero attached hydrogens (tertiary/aromatic N) is 2. The molecule has 0 spiro atoms. The van der Waals surface area contributed by atoms with Crippen molar-refractivity contribution in [2.75, 3.05) is 0 Å². The third-order valence-corrected chi connectivity index (χ3v) is 1.41. The molecule has 0 saturated heterocycles. The Kier molecular flexibility index (Phi) is 1.76. The summed E-state index contributed by atoms with van der Waals surface area (Å²) < 4.78 is 2.84. The Labute approximate surface area is 64.0 Å². The van der Waals surface area contributed by atoms with Gasteiger partial charge in [-0.15, -0.1) is 0 Å². The van der Waals surface area contributed by atoms with Gasteiger partial charge in [-0.2, -0.15) is 0 Å². The van der Waals surface area contributed by atoms with E-state index in [1.165, 1.54) is 15.3 Å². The van der Waals surface area contributed by atoms with Gasteiger partial charge in [0.1, 0.15) is 12.4 Å². The molecule has 0 atom stereocenters. The smallest absolute Gasteiger partial charge is 0.309 e. The van der Waals surface area contributed by atoms with Crippen LogP contribution in [0.4, 0.5) is 0 Å². The number of aromatic nitrogens is 2. The maximum atomic E-state index is 10.5. The van der Waals surface area contributed by atoms with Crippen molar-refractivity contribution in [3.8, 4) is 0 Å². The van der Waals surface area contributed by atoms with Crippen molar-refractivity contribution in [2.24, 2.45) is 7.05 Å². The lowest BCUT2D eigenvalue weighted by Crippen LogP contribution is -2.39. The van der Waals surface area contributed by atoms with E-state index in [9.17, 15) is 9.90 Å². The molecule has 0 aliphatic heterocycles. The van der Waals surface area contributed by atoms with Gasteiger partial charge in [-0.25, -0.2) is 9.13 Å². The van der Waals surface area contributed by atoms with Crippen LogP contribution in [-0.4, -0.2) is 10.5 Å². The summed E-state index contributed by atoms with van der Waals surface area (Å²) in [4.78, 5) is 10.5. The Morgan fingerprint density at radius 3 is 2.91 bits per heavy atom. The summed E-state index contributed by atoms with van der Waals surface area (Å²) in [5, 5.41) is 10.5. The lowest BCUT2D eigenvalue weighted by molar-refractivity contribution is -0.574. The second kappa shape index (κ2) is 2.57. The summed E-state index contributed by atoms with van der Waals surface area (Å²) in [6, 6.07) is 0. The van der Waals surface area contributed by atoms with Crippen LogP contribution in [-0.2, 0) is 7.05 Å². The number of carboxylic acids is 1. The summed E-state index contributed by atoms with van der Waals surface area (Å²) in [6.07, 6.45) is 4.62. The Bertz CT molecular complexity index is 301. The molecule has 0 amide bonds. The molecular weight excluding hydrogens is 144 g/mol. The number of aryl methyl sites for hydroxylation is 1. The number of hydrogen-bond donors (Lipinski definition) is 0. The first-order valence-corrected chi connectivity index (χ1v) is 3.07. The zero-order valence-corrected chi connectivity index (χ0v) is 6.15. The Balaban J connectivity index is 3.28. The second-order valence-corrected chi connectivity index (χ2v) is 2.11. The average Bonchev–Trinajstić information content (AvgIpc) is 2.30. The summed E-state index contributed by atoms with van der Waals surface area (Å²) >= 11 is 0. The van der Waals surface area contributed by atoms with Crippen molar-refractivity contribution in [3.63, 3.8) is 0 Å². The molecule has 0 aliphatic rings. The fourth-order valence-electron chi connectivity index (χ4n) is 0.892. The maximum absolute atomic E-state index is 10.5. The van der Waals surface area contributed by atoms with Gasteiger partial charge in [0, 0.05) is 0 Å². The number of rotatable bonds is 2. The molecule has 0 aromatic carbocycles. The first-order chi connectivity index (χ1) is 5.16. The molecule has 4 heteroatoms.